The van der Waals surface area contributed by atoms with Crippen LogP contribution in [0.4, 0.5) is 11.4 Å². The van der Waals surface area contributed by atoms with Crippen molar-refractivity contribution in [2.24, 2.45) is 0 Å². The number of hydrogen-bond donors (Lipinski definition) is 2. The Kier molecular flexibility index (Phi) is 5.80. The zero-order valence-corrected chi connectivity index (χ0v) is 13.6. The van der Waals surface area contributed by atoms with Gasteiger partial charge in [-0.3, -0.25) is 20.2 Å². The minimum Gasteiger partial charge on any atom is -0.494 e. The van der Waals surface area contributed by atoms with Gasteiger partial charge in [0.2, 0.25) is 0 Å². The minimum atomic E-state index is -0.529. The summed E-state index contributed by atoms with van der Waals surface area (Å²) in [6, 6.07) is 12.6. The van der Waals surface area contributed by atoms with Crippen LogP contribution in [0.15, 0.2) is 48.5 Å². The van der Waals surface area contributed by atoms with E-state index in [0.717, 1.165) is 0 Å². The highest BCUT2D eigenvalue weighted by Gasteiger charge is 2.14. The van der Waals surface area contributed by atoms with E-state index in [1.165, 1.54) is 12.1 Å². The second-order valence-corrected chi connectivity index (χ2v) is 5.05. The Hall–Kier alpha value is -3.00. The fraction of sp³-hybridized carbons (Fsp3) is 0.125. The fourth-order valence-electron chi connectivity index (χ4n) is 1.94. The average Bonchev–Trinajstić information content (AvgIpc) is 2.56. The second kappa shape index (κ2) is 8.02. The van der Waals surface area contributed by atoms with Crippen LogP contribution in [0.2, 0.25) is 0 Å². The van der Waals surface area contributed by atoms with Crippen LogP contribution < -0.4 is 15.4 Å². The third kappa shape index (κ3) is 4.50. The summed E-state index contributed by atoms with van der Waals surface area (Å²) < 4.78 is 5.30. The van der Waals surface area contributed by atoms with Crippen LogP contribution in [0.25, 0.3) is 0 Å². The molecule has 2 rings (SSSR count). The van der Waals surface area contributed by atoms with Crippen LogP contribution in [-0.4, -0.2) is 22.5 Å². The first-order valence-corrected chi connectivity index (χ1v) is 7.50. The summed E-state index contributed by atoms with van der Waals surface area (Å²) in [7, 11) is 0. The van der Waals surface area contributed by atoms with Gasteiger partial charge in [0.1, 0.15) is 11.4 Å². The lowest BCUT2D eigenvalue weighted by Gasteiger charge is -2.10. The normalized spacial score (nSPS) is 9.88. The van der Waals surface area contributed by atoms with E-state index in [1.807, 2.05) is 6.92 Å². The number of nitro groups is 1. The third-order valence-electron chi connectivity index (χ3n) is 3.00. The van der Waals surface area contributed by atoms with Crippen molar-refractivity contribution in [2.75, 3.05) is 11.9 Å². The molecule has 0 atom stereocenters. The van der Waals surface area contributed by atoms with Crippen molar-refractivity contribution >= 4 is 34.6 Å². The number of carbonyl (C=O) groups is 1. The van der Waals surface area contributed by atoms with Gasteiger partial charge >= 0.3 is 0 Å². The average molecular weight is 345 g/mol. The third-order valence-corrected chi connectivity index (χ3v) is 3.21. The van der Waals surface area contributed by atoms with Gasteiger partial charge in [0, 0.05) is 11.6 Å². The number of thiocarbonyl (C=S) groups is 1. The molecule has 0 radical (unpaired) electrons. The molecular weight excluding hydrogens is 330 g/mol. The van der Waals surface area contributed by atoms with E-state index in [0.29, 0.717) is 17.9 Å². The van der Waals surface area contributed by atoms with Crippen LogP contribution in [0.1, 0.15) is 17.3 Å². The number of nitrogens with one attached hydrogen (secondary N) is 2. The lowest BCUT2D eigenvalue weighted by Crippen LogP contribution is -2.34. The lowest BCUT2D eigenvalue weighted by molar-refractivity contribution is -0.383. The molecule has 0 spiro atoms. The molecule has 0 saturated carbocycles. The summed E-state index contributed by atoms with van der Waals surface area (Å²) in [5.41, 5.74) is 0.472. The quantitative estimate of drug-likeness (QED) is 0.491. The smallest absolute Gasteiger partial charge is 0.292 e. The lowest BCUT2D eigenvalue weighted by atomic mass is 10.2. The molecule has 7 nitrogen and oxygen atoms in total. The van der Waals surface area contributed by atoms with E-state index in [1.54, 1.807) is 36.4 Å². The highest BCUT2D eigenvalue weighted by atomic mass is 32.1. The zero-order valence-electron chi connectivity index (χ0n) is 12.8. The number of anilines is 1. The van der Waals surface area contributed by atoms with Crippen LogP contribution in [0.5, 0.6) is 5.75 Å². The Morgan fingerprint density at radius 2 is 1.88 bits per heavy atom. The van der Waals surface area contributed by atoms with Crippen LogP contribution >= 0.6 is 12.2 Å². The highest BCUT2D eigenvalue weighted by molar-refractivity contribution is 7.80. The van der Waals surface area contributed by atoms with E-state index in [-0.39, 0.29) is 16.5 Å². The van der Waals surface area contributed by atoms with Gasteiger partial charge in [-0.25, -0.2) is 0 Å². The minimum absolute atomic E-state index is 0.0248. The molecule has 124 valence electrons. The molecule has 0 aliphatic heterocycles. The van der Waals surface area contributed by atoms with E-state index in [9.17, 15) is 14.9 Å². The Morgan fingerprint density at radius 1 is 1.21 bits per heavy atom. The number of carbonyl (C=O) groups excluding carboxylic acids is 1. The number of ether oxygens (including phenoxy) is 1. The van der Waals surface area contributed by atoms with Gasteiger partial charge in [0.15, 0.2) is 5.11 Å². The molecule has 0 bridgehead atoms. The molecule has 0 aliphatic rings. The van der Waals surface area contributed by atoms with Gasteiger partial charge in [-0.05, 0) is 49.5 Å². The maximum Gasteiger partial charge on any atom is 0.292 e. The van der Waals surface area contributed by atoms with Crippen molar-refractivity contribution in [3.8, 4) is 5.75 Å². The van der Waals surface area contributed by atoms with E-state index >= 15 is 0 Å². The number of rotatable bonds is 5. The first-order chi connectivity index (χ1) is 11.5. The number of nitro benzene ring substituents is 1. The van der Waals surface area contributed by atoms with Gasteiger partial charge < -0.3 is 10.1 Å². The first-order valence-electron chi connectivity index (χ1n) is 7.10. The van der Waals surface area contributed by atoms with Gasteiger partial charge in [-0.2, -0.15) is 0 Å². The van der Waals surface area contributed by atoms with Crippen molar-refractivity contribution in [3.63, 3.8) is 0 Å². The number of benzene rings is 2. The maximum absolute atomic E-state index is 12.1. The molecule has 2 aromatic carbocycles. The summed E-state index contributed by atoms with van der Waals surface area (Å²) in [6.07, 6.45) is 0. The van der Waals surface area contributed by atoms with E-state index in [2.05, 4.69) is 10.6 Å². The molecule has 8 heteroatoms. The van der Waals surface area contributed by atoms with Gasteiger partial charge in [-0.1, -0.05) is 12.1 Å². The molecule has 0 aliphatic carbocycles. The van der Waals surface area contributed by atoms with Crippen LogP contribution in [0.3, 0.4) is 0 Å². The predicted molar refractivity (Wildman–Crippen MR) is 94.4 cm³/mol. The summed E-state index contributed by atoms with van der Waals surface area (Å²) in [6.45, 7) is 2.41. The molecule has 0 aromatic heterocycles. The Balaban J connectivity index is 2.02. The summed E-state index contributed by atoms with van der Waals surface area (Å²) in [5.74, 6) is 0.240. The second-order valence-electron chi connectivity index (χ2n) is 4.64. The summed E-state index contributed by atoms with van der Waals surface area (Å²) >= 11 is 5.04. The summed E-state index contributed by atoms with van der Waals surface area (Å²) in [4.78, 5) is 22.5. The van der Waals surface area contributed by atoms with Gasteiger partial charge in [0.05, 0.1) is 11.5 Å². The first kappa shape index (κ1) is 17.4. The number of para-hydroxylation sites is 2. The number of amides is 1. The molecule has 0 unspecified atom stereocenters. The molecule has 0 heterocycles. The molecule has 24 heavy (non-hydrogen) atoms. The number of hydrogen-bond acceptors (Lipinski definition) is 5. The molecule has 0 fully saturated rings. The van der Waals surface area contributed by atoms with Crippen molar-refractivity contribution < 1.29 is 14.5 Å². The Morgan fingerprint density at radius 3 is 2.50 bits per heavy atom. The van der Waals surface area contributed by atoms with E-state index < -0.39 is 10.8 Å². The van der Waals surface area contributed by atoms with Crippen molar-refractivity contribution in [1.82, 2.24) is 5.32 Å². The standard InChI is InChI=1S/C16H15N3O4S/c1-2-23-12-9-7-11(8-10-12)15(20)18-16(24)17-13-5-3-4-6-14(13)19(21)22/h3-10H,2H2,1H3,(H2,17,18,20,24). The van der Waals surface area contributed by atoms with Crippen LogP contribution in [0, 0.1) is 10.1 Å². The largest absolute Gasteiger partial charge is 0.494 e. The Bertz CT molecular complexity index is 762. The molecule has 2 N–H and O–H groups in total. The maximum atomic E-state index is 12.1. The predicted octanol–water partition coefficient (Wildman–Crippen LogP) is 3.12. The van der Waals surface area contributed by atoms with Gasteiger partial charge in [-0.15, -0.1) is 0 Å². The molecule has 0 saturated heterocycles. The van der Waals surface area contributed by atoms with Gasteiger partial charge in [0.25, 0.3) is 11.6 Å². The molecule has 1 amide bonds. The molecule has 2 aromatic rings. The zero-order chi connectivity index (χ0) is 17.5. The molecular formula is C16H15N3O4S. The van der Waals surface area contributed by atoms with E-state index in [4.69, 9.17) is 17.0 Å². The monoisotopic (exact) mass is 345 g/mol. The summed E-state index contributed by atoms with van der Waals surface area (Å²) in [5, 5.41) is 16.1. The van der Waals surface area contributed by atoms with Crippen LogP contribution in [-0.2, 0) is 0 Å². The SMILES string of the molecule is CCOc1ccc(C(=O)NC(=S)Nc2ccccc2[N+](=O)[O-])cc1. The fourth-order valence-corrected chi connectivity index (χ4v) is 2.14. The topological polar surface area (TPSA) is 93.5 Å². The Labute approximate surface area is 143 Å². The van der Waals surface area contributed by atoms with Crippen molar-refractivity contribution in [3.05, 3.63) is 64.2 Å². The van der Waals surface area contributed by atoms with Crippen molar-refractivity contribution in [1.29, 1.82) is 0 Å². The highest BCUT2D eigenvalue weighted by Crippen LogP contribution is 2.23. The van der Waals surface area contributed by atoms with Crippen molar-refractivity contribution in [2.45, 2.75) is 6.92 Å². The number of nitrogens with zero attached hydrogens (tertiary/aromatic N) is 1.